The van der Waals surface area contributed by atoms with Gasteiger partial charge in [0.2, 0.25) is 5.82 Å². The lowest BCUT2D eigenvalue weighted by Gasteiger charge is -2.30. The molecule has 0 aliphatic heterocycles. The molecule has 162 valence electrons. The van der Waals surface area contributed by atoms with E-state index in [4.69, 9.17) is 0 Å². The third-order valence-corrected chi connectivity index (χ3v) is 6.31. The smallest absolute Gasteiger partial charge is 0.209 e. The Balaban J connectivity index is 1.48. The maximum absolute atomic E-state index is 10.9. The first-order valence-electron chi connectivity index (χ1n) is 11.2. The lowest BCUT2D eigenvalue weighted by Crippen LogP contribution is -2.32. The second-order valence-corrected chi connectivity index (χ2v) is 8.91. The van der Waals surface area contributed by atoms with E-state index in [9.17, 15) is 5.11 Å². The number of aromatic amines is 1. The number of rotatable bonds is 3. The zero-order chi connectivity index (χ0) is 22.1. The van der Waals surface area contributed by atoms with Gasteiger partial charge in [-0.15, -0.1) is 0 Å². The fraction of sp³-hybridized carbons (Fsp3) is 0.346. The van der Waals surface area contributed by atoms with Gasteiger partial charge in [0.15, 0.2) is 11.5 Å². The van der Waals surface area contributed by atoms with Crippen molar-refractivity contribution >= 4 is 27.8 Å². The lowest BCUT2D eigenvalue weighted by atomic mass is 9.79. The third-order valence-electron chi connectivity index (χ3n) is 6.31. The van der Waals surface area contributed by atoms with Crippen molar-refractivity contribution in [1.82, 2.24) is 19.9 Å². The van der Waals surface area contributed by atoms with Gasteiger partial charge in [-0.25, -0.2) is 9.97 Å². The zero-order valence-electron chi connectivity index (χ0n) is 18.4. The summed E-state index contributed by atoms with van der Waals surface area (Å²) in [5, 5.41) is 16.8. The molecule has 4 aromatic rings. The number of aromatic nitrogens is 4. The number of nitrogens with zero attached hydrogens (tertiary/aromatic N) is 3. The molecule has 3 N–H and O–H groups in total. The fourth-order valence-corrected chi connectivity index (χ4v) is 4.71. The summed E-state index contributed by atoms with van der Waals surface area (Å²) in [4.78, 5) is 16.6. The maximum atomic E-state index is 10.9. The second-order valence-electron chi connectivity index (χ2n) is 8.91. The van der Waals surface area contributed by atoms with Gasteiger partial charge >= 0.3 is 0 Å². The first kappa shape index (κ1) is 20.5. The number of hydrogen-bond donors (Lipinski definition) is 3. The quantitative estimate of drug-likeness (QED) is 0.403. The van der Waals surface area contributed by atoms with Crippen LogP contribution in [0, 0.1) is 17.8 Å². The summed E-state index contributed by atoms with van der Waals surface area (Å²) in [5.74, 6) is 7.56. The minimum Gasteiger partial charge on any atom is -0.378 e. The van der Waals surface area contributed by atoms with Crippen molar-refractivity contribution in [2.45, 2.75) is 51.2 Å². The van der Waals surface area contributed by atoms with Crippen molar-refractivity contribution in [3.05, 3.63) is 60.2 Å². The molecule has 32 heavy (non-hydrogen) atoms. The van der Waals surface area contributed by atoms with Gasteiger partial charge in [0.05, 0.1) is 12.4 Å². The number of nitrogens with one attached hydrogen (secondary N) is 2. The Bertz CT molecular complexity index is 1330. The van der Waals surface area contributed by atoms with Crippen molar-refractivity contribution in [1.29, 1.82) is 0 Å². The van der Waals surface area contributed by atoms with Gasteiger partial charge in [0, 0.05) is 0 Å². The monoisotopic (exact) mass is 425 g/mol. The predicted molar refractivity (Wildman–Crippen MR) is 127 cm³/mol. The summed E-state index contributed by atoms with van der Waals surface area (Å²) >= 11 is 0. The summed E-state index contributed by atoms with van der Waals surface area (Å²) in [7, 11) is 0. The summed E-state index contributed by atoms with van der Waals surface area (Å²) in [5.41, 5.74) is 1.52. The zero-order valence-corrected chi connectivity index (χ0v) is 18.4. The number of fused-ring (bicyclic) bond motifs is 2. The van der Waals surface area contributed by atoms with E-state index in [1.54, 1.807) is 6.33 Å². The van der Waals surface area contributed by atoms with Crippen molar-refractivity contribution in [3.63, 3.8) is 0 Å². The largest absolute Gasteiger partial charge is 0.378 e. The highest BCUT2D eigenvalue weighted by Gasteiger charge is 2.30. The van der Waals surface area contributed by atoms with E-state index in [1.807, 2.05) is 0 Å². The van der Waals surface area contributed by atoms with Crippen molar-refractivity contribution in [3.8, 4) is 11.8 Å². The molecule has 6 heteroatoms. The van der Waals surface area contributed by atoms with Crippen LogP contribution in [0.25, 0.3) is 21.9 Å². The van der Waals surface area contributed by atoms with Crippen molar-refractivity contribution in [2.75, 3.05) is 5.32 Å². The number of imidazole rings is 1. The molecule has 2 aromatic heterocycles. The fourth-order valence-electron chi connectivity index (χ4n) is 4.71. The molecule has 0 radical (unpaired) electrons. The first-order chi connectivity index (χ1) is 15.5. The molecule has 3 atom stereocenters. The van der Waals surface area contributed by atoms with Gasteiger partial charge in [0.1, 0.15) is 11.1 Å². The van der Waals surface area contributed by atoms with Crippen LogP contribution in [0.3, 0.4) is 0 Å². The second kappa shape index (κ2) is 8.25. The van der Waals surface area contributed by atoms with E-state index >= 15 is 0 Å². The van der Waals surface area contributed by atoms with Gasteiger partial charge in [0.25, 0.3) is 0 Å². The summed E-state index contributed by atoms with van der Waals surface area (Å²) in [6.07, 6.45) is 5.12. The molecule has 0 saturated heterocycles. The van der Waals surface area contributed by atoms with Crippen LogP contribution < -0.4 is 5.32 Å². The Morgan fingerprint density at radius 1 is 1.19 bits per heavy atom. The molecule has 2 heterocycles. The topological polar surface area (TPSA) is 86.7 Å². The molecule has 1 fully saturated rings. The highest BCUT2D eigenvalue weighted by atomic mass is 16.3. The van der Waals surface area contributed by atoms with E-state index in [0.717, 1.165) is 18.4 Å². The molecule has 1 saturated carbocycles. The Morgan fingerprint density at radius 2 is 2.03 bits per heavy atom. The highest BCUT2D eigenvalue weighted by Crippen LogP contribution is 2.32. The van der Waals surface area contributed by atoms with Crippen LogP contribution >= 0.6 is 0 Å². The van der Waals surface area contributed by atoms with E-state index in [-0.39, 0.29) is 6.04 Å². The molecule has 1 aliphatic carbocycles. The normalized spacial score (nSPS) is 21.8. The van der Waals surface area contributed by atoms with Crippen LogP contribution in [0.5, 0.6) is 0 Å². The van der Waals surface area contributed by atoms with E-state index < -0.39 is 5.60 Å². The van der Waals surface area contributed by atoms with Crippen LogP contribution in [0.4, 0.5) is 5.82 Å². The standard InChI is InChI=1S/C26H27N5O/c1-17-7-6-13-26(32,15-17)14-12-22-30-24-23(27-16-28-24)25(31-22)29-18(2)20-11-5-9-19-8-3-4-10-21(19)20/h3-5,8-11,16-18,32H,6-7,13,15H2,1-2H3,(H2,27,28,29,30,31)/t17?,18-,26?/m0/s1. The van der Waals surface area contributed by atoms with E-state index in [0.29, 0.717) is 36.0 Å². The average molecular weight is 426 g/mol. The molecule has 2 aromatic carbocycles. The molecule has 5 rings (SSSR count). The molecule has 1 aliphatic rings. The molecular formula is C26H27N5O. The molecule has 6 nitrogen and oxygen atoms in total. The minimum atomic E-state index is -0.967. The summed E-state index contributed by atoms with van der Waals surface area (Å²) in [6.45, 7) is 4.28. The lowest BCUT2D eigenvalue weighted by molar-refractivity contribution is 0.0410. The number of anilines is 1. The van der Waals surface area contributed by atoms with Crippen molar-refractivity contribution < 1.29 is 5.11 Å². The SMILES string of the molecule is CC1CCCC(O)(C#Cc2nc(N[C@@H](C)c3cccc4ccccc34)c3[nH]cnc3n2)C1. The Kier molecular flexibility index (Phi) is 5.28. The average Bonchev–Trinajstić information content (AvgIpc) is 3.26. The van der Waals surface area contributed by atoms with Gasteiger partial charge in [-0.05, 0) is 54.4 Å². The molecule has 0 bridgehead atoms. The third kappa shape index (κ3) is 4.04. The number of H-pyrrole nitrogens is 1. The Labute approximate surface area is 187 Å². The van der Waals surface area contributed by atoms with Crippen LogP contribution in [0.2, 0.25) is 0 Å². The maximum Gasteiger partial charge on any atom is 0.209 e. The Hall–Kier alpha value is -3.43. The number of aliphatic hydroxyl groups is 1. The van der Waals surface area contributed by atoms with Crippen LogP contribution in [0.15, 0.2) is 48.8 Å². The summed E-state index contributed by atoms with van der Waals surface area (Å²) in [6, 6.07) is 14.7. The minimum absolute atomic E-state index is 0.00619. The highest BCUT2D eigenvalue weighted by molar-refractivity contribution is 5.87. The van der Waals surface area contributed by atoms with E-state index in [2.05, 4.69) is 93.4 Å². The molecule has 2 unspecified atom stereocenters. The number of hydrogen-bond acceptors (Lipinski definition) is 5. The predicted octanol–water partition coefficient (Wildman–Crippen LogP) is 4.97. The van der Waals surface area contributed by atoms with Gasteiger partial charge in [-0.3, -0.25) is 0 Å². The van der Waals surface area contributed by atoms with Gasteiger partial charge < -0.3 is 15.4 Å². The summed E-state index contributed by atoms with van der Waals surface area (Å²) < 4.78 is 0. The van der Waals surface area contributed by atoms with Crippen LogP contribution in [-0.2, 0) is 0 Å². The molecule has 0 amide bonds. The van der Waals surface area contributed by atoms with Crippen molar-refractivity contribution in [2.24, 2.45) is 5.92 Å². The van der Waals surface area contributed by atoms with Gasteiger partial charge in [-0.1, -0.05) is 61.7 Å². The van der Waals surface area contributed by atoms with Crippen LogP contribution in [-0.4, -0.2) is 30.6 Å². The number of benzene rings is 2. The van der Waals surface area contributed by atoms with Gasteiger partial charge in [-0.2, -0.15) is 4.98 Å². The first-order valence-corrected chi connectivity index (χ1v) is 11.2. The van der Waals surface area contributed by atoms with E-state index in [1.165, 1.54) is 16.3 Å². The molecule has 0 spiro atoms. The molecular weight excluding hydrogens is 398 g/mol. The van der Waals surface area contributed by atoms with Crippen LogP contribution in [0.1, 0.15) is 57.0 Å². The Morgan fingerprint density at radius 3 is 2.91 bits per heavy atom.